The molecule has 0 radical (unpaired) electrons. The van der Waals surface area contributed by atoms with E-state index in [2.05, 4.69) is 10.2 Å². The number of aromatic nitrogens is 3. The molecule has 148 valence electrons. The summed E-state index contributed by atoms with van der Waals surface area (Å²) in [5.74, 6) is 1.81. The van der Waals surface area contributed by atoms with E-state index in [1.807, 2.05) is 54.0 Å². The molecule has 9 heteroatoms. The minimum absolute atomic E-state index is 0.0647. The number of halogens is 1. The minimum atomic E-state index is -3.05. The van der Waals surface area contributed by atoms with Crippen LogP contribution in [0, 0.1) is 0 Å². The van der Waals surface area contributed by atoms with E-state index in [4.69, 9.17) is 16.3 Å². The Labute approximate surface area is 173 Å². The maximum atomic E-state index is 11.5. The molecule has 0 bridgehead atoms. The van der Waals surface area contributed by atoms with Crippen LogP contribution >= 0.6 is 23.4 Å². The second kappa shape index (κ2) is 8.98. The third-order valence-electron chi connectivity index (χ3n) is 3.84. The lowest BCUT2D eigenvalue weighted by molar-refractivity contribution is 0.340. The Balaban J connectivity index is 2.02. The van der Waals surface area contributed by atoms with Crippen LogP contribution in [0.1, 0.15) is 6.92 Å². The summed E-state index contributed by atoms with van der Waals surface area (Å²) in [5.41, 5.74) is 1.59. The number of rotatable bonds is 8. The van der Waals surface area contributed by atoms with Gasteiger partial charge in [0.25, 0.3) is 0 Å². The fraction of sp³-hybridized carbons (Fsp3) is 0.263. The molecule has 0 fully saturated rings. The summed E-state index contributed by atoms with van der Waals surface area (Å²) in [6.07, 6.45) is 1.22. The van der Waals surface area contributed by atoms with Crippen LogP contribution in [0.3, 0.4) is 0 Å². The van der Waals surface area contributed by atoms with Crippen LogP contribution < -0.4 is 4.74 Å². The molecule has 0 spiro atoms. The third-order valence-corrected chi connectivity index (χ3v) is 6.30. The van der Waals surface area contributed by atoms with Crippen LogP contribution in [0.2, 0.25) is 5.02 Å². The highest BCUT2D eigenvalue weighted by Gasteiger charge is 2.18. The predicted octanol–water partition coefficient (Wildman–Crippen LogP) is 4.12. The molecule has 0 saturated carbocycles. The molecule has 0 amide bonds. The zero-order valence-electron chi connectivity index (χ0n) is 15.5. The highest BCUT2D eigenvalue weighted by Crippen LogP contribution is 2.32. The summed E-state index contributed by atoms with van der Waals surface area (Å²) in [6, 6.07) is 15.0. The Morgan fingerprint density at radius 3 is 2.46 bits per heavy atom. The van der Waals surface area contributed by atoms with Crippen molar-refractivity contribution in [3.05, 3.63) is 53.6 Å². The van der Waals surface area contributed by atoms with Gasteiger partial charge in [0.1, 0.15) is 15.6 Å². The number of ether oxygens (including phenoxy) is 1. The fourth-order valence-corrected chi connectivity index (χ4v) is 4.92. The van der Waals surface area contributed by atoms with Crippen molar-refractivity contribution in [3.8, 4) is 22.8 Å². The van der Waals surface area contributed by atoms with Gasteiger partial charge in [-0.05, 0) is 43.3 Å². The summed E-state index contributed by atoms with van der Waals surface area (Å²) in [6.45, 7) is 2.52. The summed E-state index contributed by atoms with van der Waals surface area (Å²) < 4.78 is 30.3. The number of benzene rings is 2. The quantitative estimate of drug-likeness (QED) is 0.493. The van der Waals surface area contributed by atoms with E-state index in [-0.39, 0.29) is 5.75 Å². The summed E-state index contributed by atoms with van der Waals surface area (Å²) in [7, 11) is -3.05. The van der Waals surface area contributed by atoms with E-state index < -0.39 is 9.84 Å². The zero-order chi connectivity index (χ0) is 20.1. The standard InChI is InChI=1S/C19H20ClN3O3S2/c1-3-26-15-10-8-14(9-11-15)23-18(16-6-4-5-7-17(16)20)21-22-19(23)27-12-13-28(2,24)25/h4-11H,3,12-13H2,1-2H3. The molecule has 6 nitrogen and oxygen atoms in total. The van der Waals surface area contributed by atoms with Crippen LogP contribution in [-0.2, 0) is 9.84 Å². The maximum absolute atomic E-state index is 11.5. The molecule has 28 heavy (non-hydrogen) atoms. The Morgan fingerprint density at radius 1 is 1.11 bits per heavy atom. The molecule has 0 N–H and O–H groups in total. The first-order valence-corrected chi connectivity index (χ1v) is 12.1. The predicted molar refractivity (Wildman–Crippen MR) is 113 cm³/mol. The third kappa shape index (κ3) is 5.06. The molecule has 0 aliphatic carbocycles. The van der Waals surface area contributed by atoms with E-state index in [1.165, 1.54) is 18.0 Å². The Bertz CT molecular complexity index is 1050. The van der Waals surface area contributed by atoms with Crippen LogP contribution in [0.4, 0.5) is 0 Å². The normalized spacial score (nSPS) is 11.5. The molecule has 2 aromatic carbocycles. The van der Waals surface area contributed by atoms with Gasteiger partial charge in [0.05, 0.1) is 17.4 Å². The number of thioether (sulfide) groups is 1. The second-order valence-corrected chi connectivity index (χ2v) is 9.76. The molecule has 0 atom stereocenters. The molecule has 0 aliphatic heterocycles. The summed E-state index contributed by atoms with van der Waals surface area (Å²) in [4.78, 5) is 0. The highest BCUT2D eigenvalue weighted by molar-refractivity contribution is 8.00. The van der Waals surface area contributed by atoms with Crippen molar-refractivity contribution < 1.29 is 13.2 Å². The lowest BCUT2D eigenvalue weighted by Crippen LogP contribution is -2.06. The van der Waals surface area contributed by atoms with Crippen LogP contribution in [-0.4, -0.2) is 47.6 Å². The lowest BCUT2D eigenvalue weighted by Gasteiger charge is -2.12. The van der Waals surface area contributed by atoms with Gasteiger partial charge in [0, 0.05) is 23.3 Å². The van der Waals surface area contributed by atoms with E-state index >= 15 is 0 Å². The van der Waals surface area contributed by atoms with Gasteiger partial charge in [-0.3, -0.25) is 4.57 Å². The number of nitrogens with zero attached hydrogens (tertiary/aromatic N) is 3. The zero-order valence-corrected chi connectivity index (χ0v) is 17.9. The lowest BCUT2D eigenvalue weighted by atomic mass is 10.2. The van der Waals surface area contributed by atoms with Crippen LogP contribution in [0.25, 0.3) is 17.1 Å². The fourth-order valence-electron chi connectivity index (χ4n) is 2.56. The molecule has 0 saturated heterocycles. The van der Waals surface area contributed by atoms with Gasteiger partial charge < -0.3 is 4.74 Å². The van der Waals surface area contributed by atoms with Crippen molar-refractivity contribution in [2.45, 2.75) is 12.1 Å². The van der Waals surface area contributed by atoms with Crippen molar-refractivity contribution in [1.29, 1.82) is 0 Å². The largest absolute Gasteiger partial charge is 0.494 e. The molecule has 0 unspecified atom stereocenters. The van der Waals surface area contributed by atoms with Gasteiger partial charge in [-0.25, -0.2) is 8.42 Å². The minimum Gasteiger partial charge on any atom is -0.494 e. The van der Waals surface area contributed by atoms with Gasteiger partial charge >= 0.3 is 0 Å². The number of sulfone groups is 1. The first-order chi connectivity index (χ1) is 13.4. The number of hydrogen-bond donors (Lipinski definition) is 0. The summed E-state index contributed by atoms with van der Waals surface area (Å²) in [5, 5.41) is 9.77. The van der Waals surface area contributed by atoms with Crippen LogP contribution in [0.5, 0.6) is 5.75 Å². The van der Waals surface area contributed by atoms with Crippen molar-refractivity contribution in [2.75, 3.05) is 24.4 Å². The van der Waals surface area contributed by atoms with E-state index in [0.29, 0.717) is 28.4 Å². The van der Waals surface area contributed by atoms with Gasteiger partial charge in [-0.2, -0.15) is 0 Å². The van der Waals surface area contributed by atoms with Crippen molar-refractivity contribution in [2.24, 2.45) is 0 Å². The van der Waals surface area contributed by atoms with Crippen LogP contribution in [0.15, 0.2) is 53.7 Å². The van der Waals surface area contributed by atoms with E-state index in [9.17, 15) is 8.42 Å². The van der Waals surface area contributed by atoms with Gasteiger partial charge in [0.15, 0.2) is 11.0 Å². The topological polar surface area (TPSA) is 74.1 Å². The molecule has 3 aromatic rings. The van der Waals surface area contributed by atoms with Gasteiger partial charge in [-0.1, -0.05) is 35.5 Å². The molecule has 1 aromatic heterocycles. The van der Waals surface area contributed by atoms with Crippen molar-refractivity contribution in [3.63, 3.8) is 0 Å². The molecule has 0 aliphatic rings. The Kier molecular flexibility index (Phi) is 6.64. The Hall–Kier alpha value is -2.03. The first kappa shape index (κ1) is 20.7. The van der Waals surface area contributed by atoms with E-state index in [0.717, 1.165) is 17.0 Å². The van der Waals surface area contributed by atoms with Gasteiger partial charge in [0.2, 0.25) is 0 Å². The maximum Gasteiger partial charge on any atom is 0.196 e. The Morgan fingerprint density at radius 2 is 1.82 bits per heavy atom. The van der Waals surface area contributed by atoms with Crippen molar-refractivity contribution in [1.82, 2.24) is 14.8 Å². The monoisotopic (exact) mass is 437 g/mol. The molecular weight excluding hydrogens is 418 g/mol. The molecule has 1 heterocycles. The number of hydrogen-bond acceptors (Lipinski definition) is 6. The molecular formula is C19H20ClN3O3S2. The smallest absolute Gasteiger partial charge is 0.196 e. The van der Waals surface area contributed by atoms with Crippen molar-refractivity contribution >= 4 is 33.2 Å². The average molecular weight is 438 g/mol. The highest BCUT2D eigenvalue weighted by atomic mass is 35.5. The summed E-state index contributed by atoms with van der Waals surface area (Å²) >= 11 is 7.71. The van der Waals surface area contributed by atoms with Gasteiger partial charge in [-0.15, -0.1) is 10.2 Å². The second-order valence-electron chi connectivity index (χ2n) is 6.03. The average Bonchev–Trinajstić information content (AvgIpc) is 3.05. The molecule has 3 rings (SSSR count). The van der Waals surface area contributed by atoms with E-state index in [1.54, 1.807) is 6.07 Å². The first-order valence-electron chi connectivity index (χ1n) is 8.63. The SMILES string of the molecule is CCOc1ccc(-n2c(SCCS(C)(=O)=O)nnc2-c2ccccc2Cl)cc1.